The van der Waals surface area contributed by atoms with E-state index in [9.17, 15) is 18.0 Å². The van der Waals surface area contributed by atoms with Crippen molar-refractivity contribution < 1.29 is 18.0 Å². The average Bonchev–Trinajstić information content (AvgIpc) is 2.85. The molecule has 0 aromatic carbocycles. The Morgan fingerprint density at radius 3 is 2.35 bits per heavy atom. The summed E-state index contributed by atoms with van der Waals surface area (Å²) in [7, 11) is 0. The first-order chi connectivity index (χ1) is 9.40. The normalized spacial score (nSPS) is 28.9. The molecule has 116 valence electrons. The highest BCUT2D eigenvalue weighted by atomic mass is 19.4. The molecule has 0 spiro atoms. The molecule has 0 aromatic rings. The summed E-state index contributed by atoms with van der Waals surface area (Å²) in [5.41, 5.74) is 5.68. The molecule has 1 amide bonds. The lowest BCUT2D eigenvalue weighted by Gasteiger charge is -2.36. The largest absolute Gasteiger partial charge is 0.401 e. The van der Waals surface area contributed by atoms with Gasteiger partial charge in [0.25, 0.3) is 0 Å². The van der Waals surface area contributed by atoms with Gasteiger partial charge >= 0.3 is 6.18 Å². The molecule has 1 saturated carbocycles. The number of hydrogen-bond acceptors (Lipinski definition) is 3. The molecule has 2 aliphatic rings. The molecule has 0 bridgehead atoms. The van der Waals surface area contributed by atoms with Gasteiger partial charge in [0, 0.05) is 32.1 Å². The van der Waals surface area contributed by atoms with Gasteiger partial charge in [-0.3, -0.25) is 9.69 Å². The Hall–Kier alpha value is -0.820. The summed E-state index contributed by atoms with van der Waals surface area (Å²) in [5, 5.41) is 0. The van der Waals surface area contributed by atoms with Crippen molar-refractivity contribution >= 4 is 5.91 Å². The van der Waals surface area contributed by atoms with Gasteiger partial charge in [-0.05, 0) is 25.3 Å². The number of alkyl halides is 3. The molecule has 1 aliphatic heterocycles. The highest BCUT2D eigenvalue weighted by molar-refractivity contribution is 5.79. The van der Waals surface area contributed by atoms with Gasteiger partial charge in [0.05, 0.1) is 6.54 Å². The molecular weight excluding hydrogens is 271 g/mol. The smallest absolute Gasteiger partial charge is 0.340 e. The van der Waals surface area contributed by atoms with E-state index < -0.39 is 12.7 Å². The van der Waals surface area contributed by atoms with Crippen molar-refractivity contribution in [3.05, 3.63) is 0 Å². The summed E-state index contributed by atoms with van der Waals surface area (Å²) >= 11 is 0. The molecule has 20 heavy (non-hydrogen) atoms. The van der Waals surface area contributed by atoms with E-state index in [1.54, 1.807) is 4.90 Å². The topological polar surface area (TPSA) is 49.6 Å². The van der Waals surface area contributed by atoms with Gasteiger partial charge in [-0.1, -0.05) is 6.42 Å². The van der Waals surface area contributed by atoms with Crippen LogP contribution in [-0.2, 0) is 4.79 Å². The van der Waals surface area contributed by atoms with Crippen molar-refractivity contribution in [2.75, 3.05) is 39.3 Å². The molecule has 7 heteroatoms. The summed E-state index contributed by atoms with van der Waals surface area (Å²) in [6.07, 6.45) is -1.29. The van der Waals surface area contributed by atoms with Crippen LogP contribution < -0.4 is 5.73 Å². The zero-order chi connectivity index (χ0) is 14.8. The fourth-order valence-corrected chi connectivity index (χ4v) is 3.26. The molecule has 2 fully saturated rings. The second-order valence-corrected chi connectivity index (χ2v) is 5.75. The van der Waals surface area contributed by atoms with Gasteiger partial charge in [-0.2, -0.15) is 13.2 Å². The van der Waals surface area contributed by atoms with E-state index in [2.05, 4.69) is 0 Å². The first-order valence-electron chi connectivity index (χ1n) is 7.18. The summed E-state index contributed by atoms with van der Waals surface area (Å²) in [6.45, 7) is 1.01. The van der Waals surface area contributed by atoms with E-state index in [0.717, 1.165) is 19.3 Å². The minimum Gasteiger partial charge on any atom is -0.340 e. The monoisotopic (exact) mass is 293 g/mol. The van der Waals surface area contributed by atoms with Crippen molar-refractivity contribution in [3.8, 4) is 0 Å². The molecule has 1 saturated heterocycles. The fourth-order valence-electron chi connectivity index (χ4n) is 3.26. The van der Waals surface area contributed by atoms with Crippen LogP contribution in [-0.4, -0.2) is 61.2 Å². The quantitative estimate of drug-likeness (QED) is 0.847. The van der Waals surface area contributed by atoms with Crippen LogP contribution >= 0.6 is 0 Å². The average molecular weight is 293 g/mol. The van der Waals surface area contributed by atoms with E-state index in [1.165, 1.54) is 4.90 Å². The third-order valence-electron chi connectivity index (χ3n) is 4.37. The molecule has 2 atom stereocenters. The predicted octanol–water partition coefficient (Wildman–Crippen LogP) is 1.07. The standard InChI is InChI=1S/C13H22F3N3O/c14-13(15,16)9-18-4-6-19(7-5-18)12(20)11-3-1-2-10(11)8-17/h10-11H,1-9,17H2/t10-,11-/m1/s1. The van der Waals surface area contributed by atoms with E-state index in [-0.39, 0.29) is 17.7 Å². The van der Waals surface area contributed by atoms with Crippen LogP contribution in [0.3, 0.4) is 0 Å². The fraction of sp³-hybridized carbons (Fsp3) is 0.923. The lowest BCUT2D eigenvalue weighted by atomic mass is 9.94. The first kappa shape index (κ1) is 15.6. The van der Waals surface area contributed by atoms with Crippen molar-refractivity contribution in [2.24, 2.45) is 17.6 Å². The molecule has 4 nitrogen and oxygen atoms in total. The number of piperazine rings is 1. The van der Waals surface area contributed by atoms with Gasteiger partial charge in [0.1, 0.15) is 0 Å². The highest BCUT2D eigenvalue weighted by Crippen LogP contribution is 2.32. The first-order valence-corrected chi connectivity index (χ1v) is 7.18. The van der Waals surface area contributed by atoms with Crippen LogP contribution in [0.1, 0.15) is 19.3 Å². The van der Waals surface area contributed by atoms with Crippen LogP contribution in [0.5, 0.6) is 0 Å². The maximum Gasteiger partial charge on any atom is 0.401 e. The second kappa shape index (κ2) is 6.30. The van der Waals surface area contributed by atoms with Crippen molar-refractivity contribution in [1.29, 1.82) is 0 Å². The maximum atomic E-state index is 12.4. The van der Waals surface area contributed by atoms with E-state index in [1.807, 2.05) is 0 Å². The number of nitrogens with two attached hydrogens (primary N) is 1. The molecule has 2 N–H and O–H groups in total. The zero-order valence-corrected chi connectivity index (χ0v) is 11.5. The van der Waals surface area contributed by atoms with Crippen LogP contribution in [0.15, 0.2) is 0 Å². The van der Waals surface area contributed by atoms with E-state index in [4.69, 9.17) is 5.73 Å². The summed E-state index contributed by atoms with van der Waals surface area (Å²) < 4.78 is 36.9. The van der Waals surface area contributed by atoms with Crippen LogP contribution in [0.25, 0.3) is 0 Å². The van der Waals surface area contributed by atoms with Gasteiger partial charge < -0.3 is 10.6 Å². The summed E-state index contributed by atoms with van der Waals surface area (Å²) in [4.78, 5) is 15.5. The molecule has 2 rings (SSSR count). The Morgan fingerprint density at radius 1 is 1.15 bits per heavy atom. The number of halogens is 3. The Kier molecular flexibility index (Phi) is 4.90. The number of carbonyl (C=O) groups is 1. The van der Waals surface area contributed by atoms with Crippen molar-refractivity contribution in [1.82, 2.24) is 9.80 Å². The SMILES string of the molecule is NC[C@H]1CCC[C@H]1C(=O)N1CCN(CC(F)(F)F)CC1. The molecule has 1 aliphatic carbocycles. The lowest BCUT2D eigenvalue weighted by Crippen LogP contribution is -2.52. The van der Waals surface area contributed by atoms with E-state index >= 15 is 0 Å². The van der Waals surface area contributed by atoms with Crippen LogP contribution in [0.2, 0.25) is 0 Å². The predicted molar refractivity (Wildman–Crippen MR) is 69.0 cm³/mol. The van der Waals surface area contributed by atoms with Crippen LogP contribution in [0.4, 0.5) is 13.2 Å². The minimum atomic E-state index is -4.16. The maximum absolute atomic E-state index is 12.4. The third kappa shape index (κ3) is 3.85. The second-order valence-electron chi connectivity index (χ2n) is 5.75. The lowest BCUT2D eigenvalue weighted by molar-refractivity contribution is -0.153. The summed E-state index contributed by atoms with van der Waals surface area (Å²) in [5.74, 6) is 0.314. The Bertz CT molecular complexity index is 340. The Balaban J connectivity index is 1.83. The number of rotatable bonds is 3. The van der Waals surface area contributed by atoms with Gasteiger partial charge in [0.2, 0.25) is 5.91 Å². The van der Waals surface area contributed by atoms with Crippen molar-refractivity contribution in [3.63, 3.8) is 0 Å². The Morgan fingerprint density at radius 2 is 1.80 bits per heavy atom. The molecule has 0 radical (unpaired) electrons. The molecule has 0 aromatic heterocycles. The van der Waals surface area contributed by atoms with Gasteiger partial charge in [0.15, 0.2) is 0 Å². The van der Waals surface area contributed by atoms with E-state index in [0.29, 0.717) is 32.7 Å². The molecular formula is C13H22F3N3O. The number of nitrogens with zero attached hydrogens (tertiary/aromatic N) is 2. The van der Waals surface area contributed by atoms with Gasteiger partial charge in [-0.25, -0.2) is 0 Å². The van der Waals surface area contributed by atoms with Crippen molar-refractivity contribution in [2.45, 2.75) is 25.4 Å². The number of carbonyl (C=O) groups excluding carboxylic acids is 1. The Labute approximate surface area is 117 Å². The van der Waals surface area contributed by atoms with Crippen LogP contribution in [0, 0.1) is 11.8 Å². The number of hydrogen-bond donors (Lipinski definition) is 1. The molecule has 0 unspecified atom stereocenters. The zero-order valence-electron chi connectivity index (χ0n) is 11.5. The highest BCUT2D eigenvalue weighted by Gasteiger charge is 2.37. The number of amides is 1. The molecule has 1 heterocycles. The van der Waals surface area contributed by atoms with Gasteiger partial charge in [-0.15, -0.1) is 0 Å². The third-order valence-corrected chi connectivity index (χ3v) is 4.37. The summed E-state index contributed by atoms with van der Waals surface area (Å²) in [6, 6.07) is 0. The minimum absolute atomic E-state index is 0.0193.